The highest BCUT2D eigenvalue weighted by atomic mass is 19.1. The zero-order valence-electron chi connectivity index (χ0n) is 9.89. The molecule has 0 aliphatic carbocycles. The van der Waals surface area contributed by atoms with Crippen molar-refractivity contribution in [1.29, 1.82) is 0 Å². The number of halogens is 1. The lowest BCUT2D eigenvalue weighted by Crippen LogP contribution is -2.54. The summed E-state index contributed by atoms with van der Waals surface area (Å²) in [5.41, 5.74) is 0. The zero-order chi connectivity index (χ0) is 13.8. The molecule has 0 saturated carbocycles. The number of nitrogens with zero attached hydrogens (tertiary/aromatic N) is 1. The summed E-state index contributed by atoms with van der Waals surface area (Å²) >= 11 is 0. The Balaban J connectivity index is 1.88. The number of benzene rings is 1. The van der Waals surface area contributed by atoms with E-state index in [0.29, 0.717) is 5.75 Å². The van der Waals surface area contributed by atoms with Gasteiger partial charge in [-0.1, -0.05) is 0 Å². The summed E-state index contributed by atoms with van der Waals surface area (Å²) < 4.78 is 17.8. The minimum Gasteiger partial charge on any atom is -0.484 e. The van der Waals surface area contributed by atoms with E-state index < -0.39 is 23.5 Å². The normalized spacial score (nSPS) is 15.1. The van der Waals surface area contributed by atoms with E-state index in [1.807, 2.05) is 0 Å². The number of ether oxygens (including phenoxy) is 1. The van der Waals surface area contributed by atoms with E-state index in [-0.39, 0.29) is 19.7 Å². The van der Waals surface area contributed by atoms with Gasteiger partial charge in [0, 0.05) is 0 Å². The average molecular weight is 266 g/mol. The highest BCUT2D eigenvalue weighted by molar-refractivity contribution is 6.02. The summed E-state index contributed by atoms with van der Waals surface area (Å²) in [5.74, 6) is -1.59. The molecule has 1 aliphatic heterocycles. The van der Waals surface area contributed by atoms with Crippen LogP contribution in [0.15, 0.2) is 24.3 Å². The van der Waals surface area contributed by atoms with E-state index in [2.05, 4.69) is 5.32 Å². The van der Waals surface area contributed by atoms with Crippen molar-refractivity contribution in [2.24, 2.45) is 0 Å². The number of hydrogen-bond donors (Lipinski definition) is 1. The fraction of sp³-hybridized carbons (Fsp3) is 0.250. The first-order chi connectivity index (χ1) is 9.04. The summed E-state index contributed by atoms with van der Waals surface area (Å²) in [6.45, 7) is -0.652. The van der Waals surface area contributed by atoms with Crippen LogP contribution in [0.1, 0.15) is 0 Å². The van der Waals surface area contributed by atoms with E-state index >= 15 is 0 Å². The first-order valence-electron chi connectivity index (χ1n) is 5.53. The standard InChI is InChI=1S/C12H11FN2O4/c13-8-1-3-9(4-2-8)19-7-12(18)15-5-10(16)14-11(17)6-15/h1-4H,5-7H2,(H,14,16,17). The first kappa shape index (κ1) is 13.0. The molecule has 0 aromatic heterocycles. The average Bonchev–Trinajstić information content (AvgIpc) is 2.36. The van der Waals surface area contributed by atoms with Crippen LogP contribution in [0.2, 0.25) is 0 Å². The molecule has 0 unspecified atom stereocenters. The summed E-state index contributed by atoms with van der Waals surface area (Å²) in [6, 6.07) is 5.18. The van der Waals surface area contributed by atoms with Gasteiger partial charge in [0.25, 0.3) is 5.91 Å². The Bertz CT molecular complexity index is 499. The van der Waals surface area contributed by atoms with E-state index in [1.54, 1.807) is 0 Å². The third-order valence-electron chi connectivity index (χ3n) is 2.48. The molecule has 100 valence electrons. The lowest BCUT2D eigenvalue weighted by Gasteiger charge is -2.25. The number of carbonyl (C=O) groups is 3. The van der Waals surface area contributed by atoms with Gasteiger partial charge in [0.2, 0.25) is 11.8 Å². The highest BCUT2D eigenvalue weighted by Gasteiger charge is 2.26. The zero-order valence-corrected chi connectivity index (χ0v) is 9.89. The maximum atomic E-state index is 12.6. The van der Waals surface area contributed by atoms with Crippen molar-refractivity contribution in [3.63, 3.8) is 0 Å². The Morgan fingerprint density at radius 3 is 2.37 bits per heavy atom. The molecule has 1 aliphatic rings. The predicted molar refractivity (Wildman–Crippen MR) is 61.6 cm³/mol. The molecule has 6 nitrogen and oxygen atoms in total. The van der Waals surface area contributed by atoms with Gasteiger partial charge in [-0.05, 0) is 24.3 Å². The molecule has 0 spiro atoms. The highest BCUT2D eigenvalue weighted by Crippen LogP contribution is 2.11. The Kier molecular flexibility index (Phi) is 3.74. The number of imide groups is 1. The van der Waals surface area contributed by atoms with Gasteiger partial charge >= 0.3 is 0 Å². The van der Waals surface area contributed by atoms with Crippen molar-refractivity contribution in [3.8, 4) is 5.75 Å². The van der Waals surface area contributed by atoms with Gasteiger partial charge in [0.05, 0.1) is 0 Å². The molecular formula is C12H11FN2O4. The molecule has 0 atom stereocenters. The molecule has 0 bridgehead atoms. The summed E-state index contributed by atoms with van der Waals surface area (Å²) in [5, 5.41) is 2.09. The fourth-order valence-corrected chi connectivity index (χ4v) is 1.58. The Labute approximate surface area is 108 Å². The molecule has 1 fully saturated rings. The largest absolute Gasteiger partial charge is 0.484 e. The molecule has 1 saturated heterocycles. The lowest BCUT2D eigenvalue weighted by molar-refractivity contribution is -0.146. The van der Waals surface area contributed by atoms with Crippen molar-refractivity contribution in [1.82, 2.24) is 10.2 Å². The van der Waals surface area contributed by atoms with E-state index in [1.165, 1.54) is 24.3 Å². The molecule has 19 heavy (non-hydrogen) atoms. The van der Waals surface area contributed by atoms with Crippen LogP contribution in [0.5, 0.6) is 5.75 Å². The SMILES string of the molecule is O=C1CN(C(=O)COc2ccc(F)cc2)CC(=O)N1. The van der Waals surface area contributed by atoms with Crippen molar-refractivity contribution >= 4 is 17.7 Å². The Morgan fingerprint density at radius 1 is 1.21 bits per heavy atom. The number of hydrogen-bond acceptors (Lipinski definition) is 4. The second-order valence-corrected chi connectivity index (χ2v) is 3.96. The quantitative estimate of drug-likeness (QED) is 0.761. The fourth-order valence-electron chi connectivity index (χ4n) is 1.58. The van der Waals surface area contributed by atoms with Crippen LogP contribution in [-0.2, 0) is 14.4 Å². The van der Waals surface area contributed by atoms with Gasteiger partial charge in [0.15, 0.2) is 6.61 Å². The predicted octanol–water partition coefficient (Wildman–Crippen LogP) is -0.310. The van der Waals surface area contributed by atoms with E-state index in [9.17, 15) is 18.8 Å². The number of rotatable bonds is 3. The minimum absolute atomic E-state index is 0.169. The molecule has 1 N–H and O–H groups in total. The maximum absolute atomic E-state index is 12.6. The molecular weight excluding hydrogens is 255 g/mol. The Morgan fingerprint density at radius 2 is 1.79 bits per heavy atom. The topological polar surface area (TPSA) is 75.7 Å². The molecule has 3 amide bonds. The molecule has 1 aromatic rings. The maximum Gasteiger partial charge on any atom is 0.261 e. The van der Waals surface area contributed by atoms with Crippen LogP contribution in [0.4, 0.5) is 4.39 Å². The van der Waals surface area contributed by atoms with Crippen molar-refractivity contribution < 1.29 is 23.5 Å². The first-order valence-corrected chi connectivity index (χ1v) is 5.53. The van der Waals surface area contributed by atoms with Crippen LogP contribution < -0.4 is 10.1 Å². The smallest absolute Gasteiger partial charge is 0.261 e. The number of piperazine rings is 1. The van der Waals surface area contributed by atoms with Crippen LogP contribution >= 0.6 is 0 Å². The molecule has 2 rings (SSSR count). The Hall–Kier alpha value is -2.44. The van der Waals surface area contributed by atoms with Crippen molar-refractivity contribution in [3.05, 3.63) is 30.1 Å². The third-order valence-corrected chi connectivity index (χ3v) is 2.48. The monoisotopic (exact) mass is 266 g/mol. The number of amides is 3. The van der Waals surface area contributed by atoms with Crippen molar-refractivity contribution in [2.75, 3.05) is 19.7 Å². The van der Waals surface area contributed by atoms with E-state index in [0.717, 1.165) is 4.90 Å². The lowest BCUT2D eigenvalue weighted by atomic mass is 10.3. The molecule has 0 radical (unpaired) electrons. The minimum atomic E-state index is -0.522. The number of nitrogens with one attached hydrogen (secondary N) is 1. The summed E-state index contributed by atoms with van der Waals surface area (Å²) in [7, 11) is 0. The molecule has 7 heteroatoms. The summed E-state index contributed by atoms with van der Waals surface area (Å²) in [6.07, 6.45) is 0. The van der Waals surface area contributed by atoms with Crippen molar-refractivity contribution in [2.45, 2.75) is 0 Å². The van der Waals surface area contributed by atoms with Gasteiger partial charge < -0.3 is 9.64 Å². The number of carbonyl (C=O) groups excluding carboxylic acids is 3. The van der Waals surface area contributed by atoms with Gasteiger partial charge in [0.1, 0.15) is 24.7 Å². The van der Waals surface area contributed by atoms with Gasteiger partial charge in [-0.25, -0.2) is 4.39 Å². The summed E-state index contributed by atoms with van der Waals surface area (Å²) in [4.78, 5) is 35.0. The second-order valence-electron chi connectivity index (χ2n) is 3.96. The van der Waals surface area contributed by atoms with E-state index in [4.69, 9.17) is 4.74 Å². The molecule has 1 heterocycles. The van der Waals surface area contributed by atoms with Gasteiger partial charge in [-0.15, -0.1) is 0 Å². The third kappa shape index (κ3) is 3.51. The van der Waals surface area contributed by atoms with Crippen LogP contribution in [-0.4, -0.2) is 42.3 Å². The van der Waals surface area contributed by atoms with Gasteiger partial charge in [-0.2, -0.15) is 0 Å². The van der Waals surface area contributed by atoms with Crippen LogP contribution in [0, 0.1) is 5.82 Å². The van der Waals surface area contributed by atoms with Gasteiger partial charge in [-0.3, -0.25) is 19.7 Å². The van der Waals surface area contributed by atoms with Crippen LogP contribution in [0.3, 0.4) is 0 Å². The second kappa shape index (κ2) is 5.47. The van der Waals surface area contributed by atoms with Crippen LogP contribution in [0.25, 0.3) is 0 Å². The molecule has 1 aromatic carbocycles.